The van der Waals surface area contributed by atoms with Gasteiger partial charge in [0, 0.05) is 17.9 Å². The number of hydrogen-bond donors (Lipinski definition) is 2. The van der Waals surface area contributed by atoms with Crippen molar-refractivity contribution in [3.63, 3.8) is 0 Å². The molecule has 3 aromatic rings. The van der Waals surface area contributed by atoms with Gasteiger partial charge in [-0.05, 0) is 76.7 Å². The Morgan fingerprint density at radius 3 is 2.42 bits per heavy atom. The van der Waals surface area contributed by atoms with Crippen molar-refractivity contribution in [2.45, 2.75) is 25.2 Å². The van der Waals surface area contributed by atoms with Crippen molar-refractivity contribution in [2.75, 3.05) is 20.5 Å². The first-order valence-electron chi connectivity index (χ1n) is 12.4. The Kier molecular flexibility index (Phi) is 6.96. The van der Waals surface area contributed by atoms with Crippen molar-refractivity contribution in [3.05, 3.63) is 88.5 Å². The van der Waals surface area contributed by atoms with Gasteiger partial charge in [0.1, 0.15) is 11.5 Å². The molecule has 1 aliphatic carbocycles. The minimum atomic E-state index is -1.10. The Morgan fingerprint density at radius 1 is 0.921 bits per heavy atom. The van der Waals surface area contributed by atoms with Gasteiger partial charge < -0.3 is 29.2 Å². The molecule has 3 unspecified atom stereocenters. The molecule has 0 amide bonds. The minimum absolute atomic E-state index is 0.119. The average molecular weight is 517 g/mol. The molecular weight excluding hydrogens is 488 g/mol. The van der Waals surface area contributed by atoms with Gasteiger partial charge >= 0.3 is 11.9 Å². The van der Waals surface area contributed by atoms with Gasteiger partial charge in [0.05, 0.1) is 19.6 Å². The van der Waals surface area contributed by atoms with E-state index in [0.29, 0.717) is 40.7 Å². The first-order valence-corrected chi connectivity index (χ1v) is 12.4. The zero-order valence-electron chi connectivity index (χ0n) is 21.0. The molecule has 0 fully saturated rings. The Labute approximate surface area is 220 Å². The van der Waals surface area contributed by atoms with Gasteiger partial charge in [-0.25, -0.2) is 4.79 Å². The smallest absolute Gasteiger partial charge is 0.328 e. The Morgan fingerprint density at radius 2 is 1.68 bits per heavy atom. The van der Waals surface area contributed by atoms with E-state index in [4.69, 9.17) is 18.9 Å². The molecule has 0 saturated heterocycles. The molecule has 196 valence electrons. The number of carboxylic acid groups (broad SMARTS) is 2. The standard InChI is InChI=1S/C30H28O8/c1-3-12-36-20-7-9-22-23(15-20)28(21-8-6-19(35-2)13-17(21)5-11-26(31)32)29(30(33)34)27(22)18-4-10-24-25(14-18)38-16-37-24/h4-11,13-15,27-29H,3,12,16H2,1-2H3,(H,31,32)(H,33,34). The first kappa shape index (κ1) is 25.2. The molecule has 1 heterocycles. The van der Waals surface area contributed by atoms with Crippen molar-refractivity contribution < 1.29 is 38.7 Å². The van der Waals surface area contributed by atoms with Crippen molar-refractivity contribution in [3.8, 4) is 23.0 Å². The van der Waals surface area contributed by atoms with Crippen molar-refractivity contribution >= 4 is 18.0 Å². The topological polar surface area (TPSA) is 112 Å². The number of carboxylic acids is 2. The lowest BCUT2D eigenvalue weighted by molar-refractivity contribution is -0.142. The third kappa shape index (κ3) is 4.65. The number of rotatable bonds is 9. The number of benzene rings is 3. The lowest BCUT2D eigenvalue weighted by atomic mass is 9.78. The maximum Gasteiger partial charge on any atom is 0.328 e. The second-order valence-electron chi connectivity index (χ2n) is 9.24. The number of methoxy groups -OCH3 is 1. The number of hydrogen-bond acceptors (Lipinski definition) is 6. The van der Waals surface area contributed by atoms with Gasteiger partial charge in [-0.3, -0.25) is 4.79 Å². The van der Waals surface area contributed by atoms with Crippen LogP contribution in [-0.2, 0) is 9.59 Å². The Bertz CT molecular complexity index is 1410. The molecule has 1 aliphatic heterocycles. The molecule has 0 spiro atoms. The second kappa shape index (κ2) is 10.5. The van der Waals surface area contributed by atoms with Gasteiger partial charge in [-0.15, -0.1) is 0 Å². The van der Waals surface area contributed by atoms with Crippen LogP contribution in [0.25, 0.3) is 6.08 Å². The largest absolute Gasteiger partial charge is 0.497 e. The molecule has 38 heavy (non-hydrogen) atoms. The molecule has 5 rings (SSSR count). The summed E-state index contributed by atoms with van der Waals surface area (Å²) < 4.78 is 22.3. The molecule has 3 aromatic carbocycles. The van der Waals surface area contributed by atoms with E-state index >= 15 is 0 Å². The van der Waals surface area contributed by atoms with Crippen molar-refractivity contribution in [2.24, 2.45) is 5.92 Å². The molecule has 2 aliphatic rings. The van der Waals surface area contributed by atoms with E-state index in [1.807, 2.05) is 43.3 Å². The van der Waals surface area contributed by atoms with Crippen LogP contribution in [0.4, 0.5) is 0 Å². The summed E-state index contributed by atoms with van der Waals surface area (Å²) in [6, 6.07) is 16.5. The molecule has 0 radical (unpaired) electrons. The highest BCUT2D eigenvalue weighted by Crippen LogP contribution is 2.55. The molecule has 0 bridgehead atoms. The molecular formula is C30H28O8. The highest BCUT2D eigenvalue weighted by atomic mass is 16.7. The van der Waals surface area contributed by atoms with E-state index in [-0.39, 0.29) is 6.79 Å². The van der Waals surface area contributed by atoms with E-state index < -0.39 is 29.7 Å². The summed E-state index contributed by atoms with van der Waals surface area (Å²) in [6.45, 7) is 2.67. The number of fused-ring (bicyclic) bond motifs is 2. The summed E-state index contributed by atoms with van der Waals surface area (Å²) in [5, 5.41) is 19.9. The number of carbonyl (C=O) groups is 2. The van der Waals surface area contributed by atoms with Crippen LogP contribution < -0.4 is 18.9 Å². The molecule has 8 nitrogen and oxygen atoms in total. The molecule has 0 saturated carbocycles. The maximum atomic E-state index is 13.0. The molecule has 3 atom stereocenters. The van der Waals surface area contributed by atoms with Crippen LogP contribution in [0.5, 0.6) is 23.0 Å². The van der Waals surface area contributed by atoms with Gasteiger partial charge in [0.2, 0.25) is 6.79 Å². The second-order valence-corrected chi connectivity index (χ2v) is 9.24. The van der Waals surface area contributed by atoms with Crippen LogP contribution in [0.15, 0.2) is 60.7 Å². The van der Waals surface area contributed by atoms with Gasteiger partial charge in [0.25, 0.3) is 0 Å². The SMILES string of the molecule is CCCOc1ccc2c(c1)C(c1ccc(OC)cc1C=CC(=O)O)C(C(=O)O)C2c1ccc2c(c1)OCO2. The summed E-state index contributed by atoms with van der Waals surface area (Å²) in [5.41, 5.74) is 3.75. The predicted octanol–water partition coefficient (Wildman–Crippen LogP) is 5.29. The van der Waals surface area contributed by atoms with Gasteiger partial charge in [-0.2, -0.15) is 0 Å². The minimum Gasteiger partial charge on any atom is -0.497 e. The fourth-order valence-corrected chi connectivity index (χ4v) is 5.40. The monoisotopic (exact) mass is 516 g/mol. The van der Waals surface area contributed by atoms with Crippen molar-refractivity contribution in [1.82, 2.24) is 0 Å². The van der Waals surface area contributed by atoms with E-state index in [9.17, 15) is 19.8 Å². The fourth-order valence-electron chi connectivity index (χ4n) is 5.40. The first-order chi connectivity index (χ1) is 18.4. The van der Waals surface area contributed by atoms with E-state index in [1.165, 1.54) is 13.2 Å². The van der Waals surface area contributed by atoms with Gasteiger partial charge in [0.15, 0.2) is 11.5 Å². The summed E-state index contributed by atoms with van der Waals surface area (Å²) in [5.74, 6) is -1.62. The van der Waals surface area contributed by atoms with E-state index in [2.05, 4.69) is 0 Å². The quantitative estimate of drug-likeness (QED) is 0.369. The fraction of sp³-hybridized carbons (Fsp3) is 0.267. The molecule has 8 heteroatoms. The molecule has 0 aromatic heterocycles. The predicted molar refractivity (Wildman–Crippen MR) is 139 cm³/mol. The third-order valence-corrected chi connectivity index (χ3v) is 6.99. The van der Waals surface area contributed by atoms with E-state index in [1.54, 1.807) is 18.2 Å². The van der Waals surface area contributed by atoms with Crippen LogP contribution in [0.1, 0.15) is 53.0 Å². The van der Waals surface area contributed by atoms with Crippen LogP contribution >= 0.6 is 0 Å². The molecule has 2 N–H and O–H groups in total. The number of ether oxygens (including phenoxy) is 4. The normalized spacial score (nSPS) is 19.4. The lowest BCUT2D eigenvalue weighted by Gasteiger charge is -2.24. The zero-order valence-corrected chi connectivity index (χ0v) is 21.0. The third-order valence-electron chi connectivity index (χ3n) is 6.99. The number of aliphatic carboxylic acids is 2. The van der Waals surface area contributed by atoms with Crippen LogP contribution in [0, 0.1) is 5.92 Å². The van der Waals surface area contributed by atoms with Crippen LogP contribution in [-0.4, -0.2) is 42.7 Å². The van der Waals surface area contributed by atoms with Gasteiger partial charge in [-0.1, -0.05) is 25.1 Å². The lowest BCUT2D eigenvalue weighted by Crippen LogP contribution is -2.24. The summed E-state index contributed by atoms with van der Waals surface area (Å²) in [6.07, 6.45) is 3.35. The zero-order chi connectivity index (χ0) is 26.8. The summed E-state index contributed by atoms with van der Waals surface area (Å²) in [4.78, 5) is 24.4. The van der Waals surface area contributed by atoms with Crippen molar-refractivity contribution in [1.29, 1.82) is 0 Å². The maximum absolute atomic E-state index is 13.0. The summed E-state index contributed by atoms with van der Waals surface area (Å²) in [7, 11) is 1.53. The van der Waals surface area contributed by atoms with E-state index in [0.717, 1.165) is 29.2 Å². The van der Waals surface area contributed by atoms with Crippen LogP contribution in [0.2, 0.25) is 0 Å². The average Bonchev–Trinajstić information content (AvgIpc) is 3.52. The van der Waals surface area contributed by atoms with Crippen LogP contribution in [0.3, 0.4) is 0 Å². The highest BCUT2D eigenvalue weighted by Gasteiger charge is 2.47. The Balaban J connectivity index is 1.72. The summed E-state index contributed by atoms with van der Waals surface area (Å²) >= 11 is 0. The highest BCUT2D eigenvalue weighted by molar-refractivity contribution is 5.86. The Hall–Kier alpha value is -4.46.